The van der Waals surface area contributed by atoms with Gasteiger partial charge in [0.15, 0.2) is 0 Å². The van der Waals surface area contributed by atoms with Gasteiger partial charge < -0.3 is 9.84 Å². The Bertz CT molecular complexity index is 267. The zero-order valence-corrected chi connectivity index (χ0v) is 8.10. The minimum atomic E-state index is -0.762. The number of carboxylic acid groups (broad SMARTS) is 1. The van der Waals surface area contributed by atoms with Gasteiger partial charge in [-0.25, -0.2) is 0 Å². The highest BCUT2D eigenvalue weighted by molar-refractivity contribution is 5.76. The number of carbonyl (C=O) groups excluding carboxylic acids is 1. The van der Waals surface area contributed by atoms with Gasteiger partial charge in [-0.2, -0.15) is 0 Å². The van der Waals surface area contributed by atoms with E-state index >= 15 is 0 Å². The van der Waals surface area contributed by atoms with Crippen molar-refractivity contribution in [3.63, 3.8) is 0 Å². The summed E-state index contributed by atoms with van der Waals surface area (Å²) in [5.74, 6) is -0.821. The van der Waals surface area contributed by atoms with Gasteiger partial charge >= 0.3 is 11.9 Å². The number of ether oxygens (including phenoxy) is 1. The first-order valence-electron chi connectivity index (χ1n) is 4.94. The van der Waals surface area contributed by atoms with E-state index in [-0.39, 0.29) is 17.8 Å². The summed E-state index contributed by atoms with van der Waals surface area (Å²) < 4.78 is 4.68. The quantitative estimate of drug-likeness (QED) is 0.670. The number of fused-ring (bicyclic) bond motifs is 2. The first kappa shape index (κ1) is 9.49. The van der Waals surface area contributed by atoms with Crippen molar-refractivity contribution in [2.45, 2.75) is 19.3 Å². The van der Waals surface area contributed by atoms with Crippen molar-refractivity contribution >= 4 is 11.9 Å². The lowest BCUT2D eigenvalue weighted by Crippen LogP contribution is -2.48. The summed E-state index contributed by atoms with van der Waals surface area (Å²) >= 11 is 0. The molecule has 14 heavy (non-hydrogen) atoms. The molecule has 0 spiro atoms. The van der Waals surface area contributed by atoms with Gasteiger partial charge in [0.1, 0.15) is 0 Å². The van der Waals surface area contributed by atoms with Gasteiger partial charge in [0.05, 0.1) is 18.9 Å². The first-order chi connectivity index (χ1) is 6.63. The average Bonchev–Trinajstić information content (AvgIpc) is 2.14. The van der Waals surface area contributed by atoms with Gasteiger partial charge in [-0.05, 0) is 31.1 Å². The monoisotopic (exact) mass is 198 g/mol. The Morgan fingerprint density at radius 1 is 1.14 bits per heavy atom. The topological polar surface area (TPSA) is 63.6 Å². The molecule has 4 nitrogen and oxygen atoms in total. The van der Waals surface area contributed by atoms with Crippen LogP contribution in [0.15, 0.2) is 0 Å². The molecule has 0 saturated heterocycles. The maximum absolute atomic E-state index is 11.4. The van der Waals surface area contributed by atoms with E-state index < -0.39 is 5.97 Å². The van der Waals surface area contributed by atoms with E-state index in [1.165, 1.54) is 7.11 Å². The molecule has 2 atom stereocenters. The number of carboxylic acids is 1. The van der Waals surface area contributed by atoms with Gasteiger partial charge in [-0.3, -0.25) is 9.59 Å². The van der Waals surface area contributed by atoms with Crippen LogP contribution in [-0.2, 0) is 14.3 Å². The molecule has 0 aromatic rings. The zero-order valence-electron chi connectivity index (χ0n) is 8.10. The van der Waals surface area contributed by atoms with Gasteiger partial charge in [0.2, 0.25) is 0 Å². The number of carbonyl (C=O) groups is 2. The molecule has 0 aliphatic heterocycles. The van der Waals surface area contributed by atoms with Crippen LogP contribution in [0.5, 0.6) is 0 Å². The van der Waals surface area contributed by atoms with Crippen molar-refractivity contribution in [3.05, 3.63) is 0 Å². The van der Waals surface area contributed by atoms with Crippen LogP contribution in [0, 0.1) is 23.7 Å². The normalized spacial score (nSPS) is 39.8. The van der Waals surface area contributed by atoms with Crippen LogP contribution in [0.3, 0.4) is 0 Å². The van der Waals surface area contributed by atoms with E-state index in [1.54, 1.807) is 0 Å². The summed E-state index contributed by atoms with van der Waals surface area (Å²) in [4.78, 5) is 22.2. The van der Waals surface area contributed by atoms with Crippen LogP contribution < -0.4 is 0 Å². The fourth-order valence-corrected chi connectivity index (χ4v) is 2.77. The van der Waals surface area contributed by atoms with Crippen LogP contribution in [0.2, 0.25) is 0 Å². The van der Waals surface area contributed by atoms with Crippen LogP contribution in [0.4, 0.5) is 0 Å². The van der Waals surface area contributed by atoms with Crippen molar-refractivity contribution in [1.29, 1.82) is 0 Å². The Hall–Kier alpha value is -1.06. The number of aliphatic carboxylic acids is 1. The molecule has 0 heterocycles. The molecule has 0 amide bonds. The Morgan fingerprint density at radius 3 is 2.21 bits per heavy atom. The predicted octanol–water partition coefficient (Wildman–Crippen LogP) is 0.906. The second kappa shape index (κ2) is 3.26. The van der Waals surface area contributed by atoms with Gasteiger partial charge in [-0.15, -0.1) is 0 Å². The molecule has 1 N–H and O–H groups in total. The van der Waals surface area contributed by atoms with Crippen LogP contribution in [0.1, 0.15) is 19.3 Å². The smallest absolute Gasteiger partial charge is 0.308 e. The second-order valence-electron chi connectivity index (χ2n) is 4.30. The van der Waals surface area contributed by atoms with Crippen molar-refractivity contribution in [3.8, 4) is 0 Å². The third kappa shape index (κ3) is 1.29. The largest absolute Gasteiger partial charge is 0.481 e. The van der Waals surface area contributed by atoms with Crippen molar-refractivity contribution < 1.29 is 19.4 Å². The first-order valence-corrected chi connectivity index (χ1v) is 4.94. The summed E-state index contributed by atoms with van der Waals surface area (Å²) in [7, 11) is 1.36. The average molecular weight is 198 g/mol. The van der Waals surface area contributed by atoms with E-state index in [2.05, 4.69) is 4.74 Å². The third-order valence-electron chi connectivity index (χ3n) is 3.68. The Morgan fingerprint density at radius 2 is 1.71 bits per heavy atom. The molecule has 2 bridgehead atoms. The van der Waals surface area contributed by atoms with Crippen LogP contribution in [-0.4, -0.2) is 24.2 Å². The Labute approximate surface area is 82.2 Å². The third-order valence-corrected chi connectivity index (χ3v) is 3.68. The van der Waals surface area contributed by atoms with E-state index in [1.807, 2.05) is 0 Å². The standard InChI is InChI=1S/C10H14O4/c1-14-10(13)8-4-7(9(11)12)5-2-6(8)3-5/h5-8H,2-4H2,1H3,(H,11,12)/t5?,6?,7-,8?/m1/s1. The van der Waals surface area contributed by atoms with Crippen molar-refractivity contribution in [2.75, 3.05) is 7.11 Å². The number of esters is 1. The number of hydrogen-bond donors (Lipinski definition) is 1. The fraction of sp³-hybridized carbons (Fsp3) is 0.800. The number of methoxy groups -OCH3 is 1. The molecule has 0 radical (unpaired) electrons. The van der Waals surface area contributed by atoms with Gasteiger partial charge in [0, 0.05) is 0 Å². The van der Waals surface area contributed by atoms with Gasteiger partial charge in [0.25, 0.3) is 0 Å². The molecule has 3 rings (SSSR count). The Kier molecular flexibility index (Phi) is 2.21. The van der Waals surface area contributed by atoms with E-state index in [0.717, 1.165) is 12.8 Å². The van der Waals surface area contributed by atoms with Crippen molar-refractivity contribution in [1.82, 2.24) is 0 Å². The van der Waals surface area contributed by atoms with E-state index in [4.69, 9.17) is 5.11 Å². The SMILES string of the molecule is COC(=O)C1C[C@@H](C(=O)O)C2CC1C2. The lowest BCUT2D eigenvalue weighted by atomic mass is 9.55. The maximum atomic E-state index is 11.4. The summed E-state index contributed by atoms with van der Waals surface area (Å²) in [5, 5.41) is 8.95. The molecule has 1 unspecified atom stereocenters. The zero-order chi connectivity index (χ0) is 10.3. The van der Waals surface area contributed by atoms with Crippen molar-refractivity contribution in [2.24, 2.45) is 23.7 Å². The molecule has 0 aromatic carbocycles. The molecule has 3 aliphatic rings. The van der Waals surface area contributed by atoms with E-state index in [9.17, 15) is 9.59 Å². The second-order valence-corrected chi connectivity index (χ2v) is 4.30. The molecular weight excluding hydrogens is 184 g/mol. The molecule has 0 aromatic heterocycles. The summed E-state index contributed by atoms with van der Waals surface area (Å²) in [5.41, 5.74) is 0. The molecule has 3 aliphatic carbocycles. The summed E-state index contributed by atoms with van der Waals surface area (Å²) in [6.07, 6.45) is 2.24. The Balaban J connectivity index is 2.07. The number of rotatable bonds is 2. The molecule has 78 valence electrons. The number of hydrogen-bond acceptors (Lipinski definition) is 3. The molecule has 3 fully saturated rings. The summed E-state index contributed by atoms with van der Waals surface area (Å²) in [6, 6.07) is 0. The highest BCUT2D eigenvalue weighted by Crippen LogP contribution is 2.52. The summed E-state index contributed by atoms with van der Waals surface area (Å²) in [6.45, 7) is 0. The molecular formula is C10H14O4. The molecule has 3 saturated carbocycles. The molecule has 4 heteroatoms. The minimum Gasteiger partial charge on any atom is -0.481 e. The maximum Gasteiger partial charge on any atom is 0.308 e. The lowest BCUT2D eigenvalue weighted by Gasteiger charge is -2.48. The highest BCUT2D eigenvalue weighted by Gasteiger charge is 2.51. The van der Waals surface area contributed by atoms with Gasteiger partial charge in [-0.1, -0.05) is 0 Å². The van der Waals surface area contributed by atoms with E-state index in [0.29, 0.717) is 18.3 Å². The van der Waals surface area contributed by atoms with Crippen LogP contribution in [0.25, 0.3) is 0 Å². The minimum absolute atomic E-state index is 0.175. The highest BCUT2D eigenvalue weighted by atomic mass is 16.5. The lowest BCUT2D eigenvalue weighted by molar-refractivity contribution is -0.163. The van der Waals surface area contributed by atoms with Crippen LogP contribution >= 0.6 is 0 Å². The fourth-order valence-electron chi connectivity index (χ4n) is 2.77. The predicted molar refractivity (Wildman–Crippen MR) is 47.5 cm³/mol.